The third-order valence-corrected chi connectivity index (χ3v) is 4.31. The molecular weight excluding hydrogens is 222 g/mol. The van der Waals surface area contributed by atoms with E-state index in [1.165, 1.54) is 38.6 Å². The van der Waals surface area contributed by atoms with Crippen LogP contribution < -0.4 is 5.32 Å². The van der Waals surface area contributed by atoms with Crippen molar-refractivity contribution in [3.05, 3.63) is 0 Å². The van der Waals surface area contributed by atoms with Gasteiger partial charge in [-0.1, -0.05) is 19.3 Å². The molecule has 0 saturated heterocycles. The number of rotatable bonds is 7. The Bertz CT molecular complexity index is 265. The molecule has 0 spiro atoms. The maximum atomic E-state index is 9.09. The van der Waals surface area contributed by atoms with Crippen LogP contribution in [0.15, 0.2) is 0 Å². The van der Waals surface area contributed by atoms with Crippen molar-refractivity contribution < 1.29 is 0 Å². The second kappa shape index (κ2) is 7.76. The maximum Gasteiger partial charge on any atom is 0.103 e. The summed E-state index contributed by atoms with van der Waals surface area (Å²) in [6.07, 6.45) is 9.12. The number of nitrogens with zero attached hydrogens (tertiary/aromatic N) is 2. The Labute approximate surface area is 113 Å². The summed E-state index contributed by atoms with van der Waals surface area (Å²) in [5.74, 6) is 0.912. The van der Waals surface area contributed by atoms with Crippen LogP contribution >= 0.6 is 0 Å². The van der Waals surface area contributed by atoms with E-state index in [9.17, 15) is 0 Å². The predicted octanol–water partition coefficient (Wildman–Crippen LogP) is 2.78. The van der Waals surface area contributed by atoms with Gasteiger partial charge in [0.25, 0.3) is 0 Å². The van der Waals surface area contributed by atoms with Gasteiger partial charge in [-0.05, 0) is 59.2 Å². The highest BCUT2D eigenvalue weighted by molar-refractivity contribution is 5.02. The number of nitriles is 1. The van der Waals surface area contributed by atoms with Gasteiger partial charge in [-0.2, -0.15) is 5.26 Å². The van der Waals surface area contributed by atoms with E-state index in [0.29, 0.717) is 0 Å². The van der Waals surface area contributed by atoms with Crippen molar-refractivity contribution >= 4 is 0 Å². The smallest absolute Gasteiger partial charge is 0.103 e. The molecule has 3 nitrogen and oxygen atoms in total. The zero-order chi connectivity index (χ0) is 13.4. The fourth-order valence-electron chi connectivity index (χ4n) is 2.84. The molecule has 0 aromatic heterocycles. The fraction of sp³-hybridized carbons (Fsp3) is 0.933. The van der Waals surface area contributed by atoms with Crippen LogP contribution in [0.2, 0.25) is 0 Å². The van der Waals surface area contributed by atoms with Crippen molar-refractivity contribution in [2.75, 3.05) is 27.2 Å². The standard InChI is InChI=1S/C15H29N3/c1-15(13-16,17-2)10-7-11-18(3)12-14-8-5-4-6-9-14/h14,17H,4-12H2,1-3H3. The second-order valence-electron chi connectivity index (χ2n) is 6.06. The molecule has 18 heavy (non-hydrogen) atoms. The Hall–Kier alpha value is -0.590. The van der Waals surface area contributed by atoms with Crippen molar-refractivity contribution in [1.29, 1.82) is 5.26 Å². The molecule has 0 aliphatic heterocycles. The van der Waals surface area contributed by atoms with Gasteiger partial charge in [-0.3, -0.25) is 0 Å². The van der Waals surface area contributed by atoms with E-state index in [1.807, 2.05) is 14.0 Å². The van der Waals surface area contributed by atoms with Crippen LogP contribution in [-0.4, -0.2) is 37.6 Å². The average molecular weight is 251 g/mol. The minimum Gasteiger partial charge on any atom is -0.306 e. The quantitative estimate of drug-likeness (QED) is 0.756. The van der Waals surface area contributed by atoms with E-state index in [0.717, 1.165) is 25.3 Å². The lowest BCUT2D eigenvalue weighted by Gasteiger charge is -2.28. The Kier molecular flexibility index (Phi) is 6.67. The molecule has 0 heterocycles. The van der Waals surface area contributed by atoms with E-state index >= 15 is 0 Å². The van der Waals surface area contributed by atoms with Crippen LogP contribution in [0.4, 0.5) is 0 Å². The van der Waals surface area contributed by atoms with E-state index < -0.39 is 0 Å². The second-order valence-corrected chi connectivity index (χ2v) is 6.06. The summed E-state index contributed by atoms with van der Waals surface area (Å²) >= 11 is 0. The third kappa shape index (κ3) is 5.37. The molecule has 1 unspecified atom stereocenters. The largest absolute Gasteiger partial charge is 0.306 e. The Morgan fingerprint density at radius 3 is 2.56 bits per heavy atom. The molecule has 1 aliphatic rings. The van der Waals surface area contributed by atoms with Crippen molar-refractivity contribution in [3.8, 4) is 6.07 Å². The van der Waals surface area contributed by atoms with Gasteiger partial charge >= 0.3 is 0 Å². The van der Waals surface area contributed by atoms with Crippen LogP contribution in [0.25, 0.3) is 0 Å². The first-order valence-corrected chi connectivity index (χ1v) is 7.38. The Morgan fingerprint density at radius 1 is 1.33 bits per heavy atom. The Balaban J connectivity index is 2.16. The lowest BCUT2D eigenvalue weighted by Crippen LogP contribution is -2.39. The number of nitrogens with one attached hydrogen (secondary N) is 1. The van der Waals surface area contributed by atoms with E-state index in [-0.39, 0.29) is 5.54 Å². The molecule has 104 valence electrons. The van der Waals surface area contributed by atoms with Crippen LogP contribution in [-0.2, 0) is 0 Å². The fourth-order valence-corrected chi connectivity index (χ4v) is 2.84. The van der Waals surface area contributed by atoms with Crippen LogP contribution in [0.1, 0.15) is 51.9 Å². The molecule has 1 rings (SSSR count). The van der Waals surface area contributed by atoms with Crippen molar-refractivity contribution in [2.45, 2.75) is 57.4 Å². The van der Waals surface area contributed by atoms with Crippen molar-refractivity contribution in [1.82, 2.24) is 10.2 Å². The zero-order valence-corrected chi connectivity index (χ0v) is 12.3. The zero-order valence-electron chi connectivity index (χ0n) is 12.3. The van der Waals surface area contributed by atoms with E-state index in [4.69, 9.17) is 5.26 Å². The highest BCUT2D eigenvalue weighted by Gasteiger charge is 2.21. The average Bonchev–Trinajstić information content (AvgIpc) is 2.39. The minimum atomic E-state index is -0.355. The first-order valence-electron chi connectivity index (χ1n) is 7.38. The summed E-state index contributed by atoms with van der Waals surface area (Å²) in [6.45, 7) is 4.33. The summed E-state index contributed by atoms with van der Waals surface area (Å²) in [4.78, 5) is 2.45. The van der Waals surface area contributed by atoms with E-state index in [1.54, 1.807) is 0 Å². The number of hydrogen-bond acceptors (Lipinski definition) is 3. The van der Waals surface area contributed by atoms with Gasteiger partial charge in [0.05, 0.1) is 6.07 Å². The monoisotopic (exact) mass is 251 g/mol. The van der Waals surface area contributed by atoms with Gasteiger partial charge in [-0.15, -0.1) is 0 Å². The summed E-state index contributed by atoms with van der Waals surface area (Å²) in [6, 6.07) is 2.35. The highest BCUT2D eigenvalue weighted by atomic mass is 15.1. The lowest BCUT2D eigenvalue weighted by atomic mass is 9.89. The molecule has 0 bridgehead atoms. The maximum absolute atomic E-state index is 9.09. The van der Waals surface area contributed by atoms with Crippen LogP contribution in [0, 0.1) is 17.2 Å². The predicted molar refractivity (Wildman–Crippen MR) is 76.4 cm³/mol. The SMILES string of the molecule is CNC(C)(C#N)CCCN(C)CC1CCCCC1. The molecule has 1 N–H and O–H groups in total. The Morgan fingerprint density at radius 2 is 2.00 bits per heavy atom. The highest BCUT2D eigenvalue weighted by Crippen LogP contribution is 2.24. The van der Waals surface area contributed by atoms with Crippen LogP contribution in [0.5, 0.6) is 0 Å². The topological polar surface area (TPSA) is 39.1 Å². The minimum absolute atomic E-state index is 0.355. The molecular formula is C15H29N3. The summed E-state index contributed by atoms with van der Waals surface area (Å²) < 4.78 is 0. The molecule has 1 saturated carbocycles. The molecule has 3 heteroatoms. The molecule has 1 fully saturated rings. The van der Waals surface area contributed by atoms with Gasteiger partial charge in [0.1, 0.15) is 5.54 Å². The lowest BCUT2D eigenvalue weighted by molar-refractivity contribution is 0.226. The molecule has 0 aromatic carbocycles. The normalized spacial score (nSPS) is 20.6. The molecule has 0 amide bonds. The van der Waals surface area contributed by atoms with Gasteiger partial charge in [0, 0.05) is 6.54 Å². The van der Waals surface area contributed by atoms with Crippen LogP contribution in [0.3, 0.4) is 0 Å². The van der Waals surface area contributed by atoms with Gasteiger partial charge in [0.15, 0.2) is 0 Å². The summed E-state index contributed by atoms with van der Waals surface area (Å²) in [5.41, 5.74) is -0.355. The van der Waals surface area contributed by atoms with E-state index in [2.05, 4.69) is 23.3 Å². The molecule has 1 aliphatic carbocycles. The summed E-state index contributed by atoms with van der Waals surface area (Å²) in [5, 5.41) is 12.2. The molecule has 0 aromatic rings. The van der Waals surface area contributed by atoms with Crippen molar-refractivity contribution in [3.63, 3.8) is 0 Å². The molecule has 0 radical (unpaired) electrons. The van der Waals surface area contributed by atoms with Gasteiger partial charge < -0.3 is 10.2 Å². The first kappa shape index (κ1) is 15.5. The molecule has 1 atom stereocenters. The number of hydrogen-bond donors (Lipinski definition) is 1. The van der Waals surface area contributed by atoms with Gasteiger partial charge in [-0.25, -0.2) is 0 Å². The first-order chi connectivity index (χ1) is 8.59. The van der Waals surface area contributed by atoms with Crippen molar-refractivity contribution in [2.24, 2.45) is 5.92 Å². The third-order valence-electron chi connectivity index (χ3n) is 4.31. The van der Waals surface area contributed by atoms with Gasteiger partial charge in [0.2, 0.25) is 0 Å². The summed E-state index contributed by atoms with van der Waals surface area (Å²) in [7, 11) is 4.09.